The maximum atomic E-state index is 16.7. The van der Waals surface area contributed by atoms with Crippen LogP contribution < -0.4 is 10.2 Å². The van der Waals surface area contributed by atoms with Crippen LogP contribution in [0.15, 0.2) is 24.3 Å². The molecule has 0 amide bonds. The number of anilines is 1. The first-order valence-corrected chi connectivity index (χ1v) is 14.9. The second-order valence-corrected chi connectivity index (χ2v) is 12.0. The molecular weight excluding hydrogens is 536 g/mol. The van der Waals surface area contributed by atoms with Gasteiger partial charge in [-0.1, -0.05) is 18.9 Å². The molecule has 0 unspecified atom stereocenters. The maximum absolute atomic E-state index is 16.7. The molecule has 0 radical (unpaired) electrons. The average molecular weight is 568 g/mol. The number of aromatic nitrogens is 4. The molecule has 8 rings (SSSR count). The predicted octanol–water partition coefficient (Wildman–Crippen LogP) is 4.32. The molecule has 0 aliphatic carbocycles. The van der Waals surface area contributed by atoms with Gasteiger partial charge < -0.3 is 15.3 Å². The number of piperazine rings is 1. The van der Waals surface area contributed by atoms with Crippen molar-refractivity contribution in [3.63, 3.8) is 0 Å². The fraction of sp³-hybridized carbons (Fsp3) is 0.438. The van der Waals surface area contributed by atoms with E-state index in [-0.39, 0.29) is 45.4 Å². The lowest BCUT2D eigenvalue weighted by molar-refractivity contribution is 0.261. The fourth-order valence-corrected chi connectivity index (χ4v) is 7.71. The Bertz CT molecular complexity index is 1820. The van der Waals surface area contributed by atoms with Gasteiger partial charge in [-0.2, -0.15) is 0 Å². The van der Waals surface area contributed by atoms with Crippen LogP contribution in [0.5, 0.6) is 5.75 Å². The zero-order valence-electron chi connectivity index (χ0n) is 23.4. The van der Waals surface area contributed by atoms with Gasteiger partial charge in [0.2, 0.25) is 5.82 Å². The van der Waals surface area contributed by atoms with Crippen molar-refractivity contribution in [2.24, 2.45) is 0 Å². The van der Waals surface area contributed by atoms with E-state index in [9.17, 15) is 9.50 Å². The van der Waals surface area contributed by atoms with E-state index in [2.05, 4.69) is 42.1 Å². The Morgan fingerprint density at radius 2 is 1.93 bits per heavy atom. The van der Waals surface area contributed by atoms with E-state index in [1.165, 1.54) is 12.1 Å². The zero-order valence-corrected chi connectivity index (χ0v) is 23.4. The molecule has 6 heterocycles. The summed E-state index contributed by atoms with van der Waals surface area (Å²) in [5, 5.41) is 23.9. The number of halogens is 2. The number of aromatic hydroxyl groups is 1. The van der Waals surface area contributed by atoms with Gasteiger partial charge in [-0.25, -0.2) is 18.7 Å². The first kappa shape index (κ1) is 25.7. The van der Waals surface area contributed by atoms with Crippen molar-refractivity contribution in [1.82, 2.24) is 30.4 Å². The summed E-state index contributed by atoms with van der Waals surface area (Å²) in [6, 6.07) is 6.48. The van der Waals surface area contributed by atoms with E-state index in [0.29, 0.717) is 34.6 Å². The molecule has 2 bridgehead atoms. The number of aryl methyl sites for hydroxylation is 1. The molecule has 10 heteroatoms. The minimum Gasteiger partial charge on any atom is -0.508 e. The molecular formula is C32H31F2N7O. The molecule has 0 spiro atoms. The molecule has 2 aromatic heterocycles. The summed E-state index contributed by atoms with van der Waals surface area (Å²) < 4.78 is 31.6. The van der Waals surface area contributed by atoms with Gasteiger partial charge in [0.25, 0.3) is 0 Å². The second kappa shape index (κ2) is 9.54. The van der Waals surface area contributed by atoms with Crippen molar-refractivity contribution < 1.29 is 13.9 Å². The largest absolute Gasteiger partial charge is 0.508 e. The number of rotatable bonds is 3. The zero-order chi connectivity index (χ0) is 28.6. The smallest absolute Gasteiger partial charge is 0.207 e. The topological polar surface area (TPSA) is 90.3 Å². The highest BCUT2D eigenvalue weighted by Crippen LogP contribution is 2.40. The van der Waals surface area contributed by atoms with Gasteiger partial charge in [0.1, 0.15) is 22.8 Å². The SMILES string of the molecule is CCc1c(F)ccc2cc(O)cc(-c3nnc4c(N5C[C@H]6C[C@@H]5CN6)nc(C#CC56CCCN5CCC6)nc4c3F)c12. The minimum atomic E-state index is -0.686. The molecule has 4 fully saturated rings. The predicted molar refractivity (Wildman–Crippen MR) is 156 cm³/mol. The Kier molecular flexibility index (Phi) is 5.85. The molecule has 4 saturated heterocycles. The van der Waals surface area contributed by atoms with E-state index in [1.54, 1.807) is 12.1 Å². The summed E-state index contributed by atoms with van der Waals surface area (Å²) >= 11 is 0. The molecule has 42 heavy (non-hydrogen) atoms. The Morgan fingerprint density at radius 3 is 2.67 bits per heavy atom. The molecule has 2 aromatic carbocycles. The van der Waals surface area contributed by atoms with E-state index in [1.807, 2.05) is 6.92 Å². The van der Waals surface area contributed by atoms with Crippen LogP contribution in [0.1, 0.15) is 50.4 Å². The Labute approximate surface area is 242 Å². The number of nitrogens with zero attached hydrogens (tertiary/aromatic N) is 6. The highest BCUT2D eigenvalue weighted by Gasteiger charge is 2.43. The van der Waals surface area contributed by atoms with Crippen molar-refractivity contribution in [2.75, 3.05) is 31.1 Å². The van der Waals surface area contributed by atoms with Crippen molar-refractivity contribution in [2.45, 2.75) is 63.1 Å². The van der Waals surface area contributed by atoms with Gasteiger partial charge in [-0.3, -0.25) is 4.90 Å². The average Bonchev–Trinajstić information content (AvgIpc) is 3.78. The van der Waals surface area contributed by atoms with Gasteiger partial charge in [0.15, 0.2) is 17.2 Å². The highest BCUT2D eigenvalue weighted by atomic mass is 19.1. The molecule has 4 aliphatic heterocycles. The summed E-state index contributed by atoms with van der Waals surface area (Å²) in [6.45, 7) is 5.50. The third-order valence-corrected chi connectivity index (χ3v) is 9.67. The number of hydrogen-bond donors (Lipinski definition) is 2. The number of hydrogen-bond acceptors (Lipinski definition) is 8. The van der Waals surface area contributed by atoms with Crippen LogP contribution in [0.2, 0.25) is 0 Å². The first-order valence-electron chi connectivity index (χ1n) is 14.9. The summed E-state index contributed by atoms with van der Waals surface area (Å²) in [5.41, 5.74) is 0.767. The fourth-order valence-electron chi connectivity index (χ4n) is 7.71. The van der Waals surface area contributed by atoms with Gasteiger partial charge >= 0.3 is 0 Å². The van der Waals surface area contributed by atoms with Crippen LogP contribution in [-0.4, -0.2) is 74.0 Å². The Morgan fingerprint density at radius 1 is 1.10 bits per heavy atom. The van der Waals surface area contributed by atoms with Gasteiger partial charge in [-0.05, 0) is 92.1 Å². The number of benzene rings is 2. The lowest BCUT2D eigenvalue weighted by Gasteiger charge is -2.29. The van der Waals surface area contributed by atoms with Crippen molar-refractivity contribution in [3.8, 4) is 28.8 Å². The third-order valence-electron chi connectivity index (χ3n) is 9.67. The standard InChI is InChI=1S/C32H31F2N7O/c1-2-22-24(33)6-5-18-13-21(42)15-23(26(18)22)28-27(34)29-30(39-38-28)31(41-17-19-14-20(41)16-35-19)37-25(36-29)7-10-32-8-3-11-40(32)12-4-9-32/h5-6,13,15,19-20,35,42H,2-4,8-9,11-12,14,16-17H2,1H3/t19-,20-/m1/s1. The van der Waals surface area contributed by atoms with Gasteiger partial charge in [0, 0.05) is 30.7 Å². The quantitative estimate of drug-likeness (QED) is 0.354. The molecule has 2 N–H and O–H groups in total. The van der Waals surface area contributed by atoms with Gasteiger partial charge in [-0.15, -0.1) is 10.2 Å². The number of phenolic OH excluding ortho intramolecular Hbond substituents is 1. The van der Waals surface area contributed by atoms with Crippen molar-refractivity contribution >= 4 is 27.6 Å². The monoisotopic (exact) mass is 567 g/mol. The maximum Gasteiger partial charge on any atom is 0.207 e. The van der Waals surface area contributed by atoms with Gasteiger partial charge in [0.05, 0.1) is 5.54 Å². The number of phenols is 1. The summed E-state index contributed by atoms with van der Waals surface area (Å²) in [5.74, 6) is 6.40. The summed E-state index contributed by atoms with van der Waals surface area (Å²) in [4.78, 5) is 14.1. The van der Waals surface area contributed by atoms with Crippen LogP contribution in [-0.2, 0) is 6.42 Å². The van der Waals surface area contributed by atoms with E-state index in [4.69, 9.17) is 4.98 Å². The summed E-state index contributed by atoms with van der Waals surface area (Å²) in [7, 11) is 0. The molecule has 2 atom stereocenters. The van der Waals surface area contributed by atoms with Crippen molar-refractivity contribution in [1.29, 1.82) is 0 Å². The van der Waals surface area contributed by atoms with E-state index in [0.717, 1.165) is 58.3 Å². The normalized spacial score (nSPS) is 22.7. The molecule has 4 aromatic rings. The Hall–Kier alpha value is -3.94. The molecule has 214 valence electrons. The summed E-state index contributed by atoms with van der Waals surface area (Å²) in [6.07, 6.45) is 5.65. The Balaban J connectivity index is 1.34. The minimum absolute atomic E-state index is 0.0307. The lowest BCUT2D eigenvalue weighted by Crippen LogP contribution is -2.44. The highest BCUT2D eigenvalue weighted by molar-refractivity contribution is 6.01. The van der Waals surface area contributed by atoms with Crippen LogP contribution in [0.3, 0.4) is 0 Å². The van der Waals surface area contributed by atoms with Crippen LogP contribution in [0.25, 0.3) is 33.1 Å². The molecule has 4 aliphatic rings. The van der Waals surface area contributed by atoms with Crippen LogP contribution in [0, 0.1) is 23.5 Å². The lowest BCUT2D eigenvalue weighted by atomic mass is 9.94. The number of nitrogens with one attached hydrogen (secondary N) is 1. The van der Waals surface area contributed by atoms with E-state index < -0.39 is 11.6 Å². The first-order chi connectivity index (χ1) is 20.4. The molecule has 8 nitrogen and oxygen atoms in total. The molecule has 0 saturated carbocycles. The van der Waals surface area contributed by atoms with Crippen LogP contribution in [0.4, 0.5) is 14.6 Å². The third kappa shape index (κ3) is 3.87. The number of fused-ring (bicyclic) bond motifs is 5. The second-order valence-electron chi connectivity index (χ2n) is 12.0. The van der Waals surface area contributed by atoms with E-state index >= 15 is 4.39 Å². The van der Waals surface area contributed by atoms with Crippen LogP contribution >= 0.6 is 0 Å². The van der Waals surface area contributed by atoms with Crippen molar-refractivity contribution in [3.05, 3.63) is 47.3 Å².